The molecule has 0 aliphatic carbocycles. The molecule has 2 heterocycles. The summed E-state index contributed by atoms with van der Waals surface area (Å²) < 4.78 is 1.93. The van der Waals surface area contributed by atoms with Gasteiger partial charge in [-0.1, -0.05) is 42.5 Å². The maximum Gasteiger partial charge on any atom is 0.317 e. The molecule has 0 bridgehead atoms. The van der Waals surface area contributed by atoms with Gasteiger partial charge in [0.1, 0.15) is 0 Å². The number of carbonyl (C=O) groups excluding carboxylic acids is 1. The molecule has 2 amide bonds. The first-order chi connectivity index (χ1) is 13.5. The SMILES string of the molecule is Cn1cnc(CCNC(=O)N2CCCC2(C)Cc2cccc3ccccc23)c1. The zero-order valence-electron chi connectivity index (χ0n) is 16.7. The molecule has 1 aromatic heterocycles. The van der Waals surface area contributed by atoms with Crippen LogP contribution in [0.3, 0.4) is 0 Å². The highest BCUT2D eigenvalue weighted by atomic mass is 16.2. The molecule has 1 saturated heterocycles. The Morgan fingerprint density at radius 3 is 2.86 bits per heavy atom. The van der Waals surface area contributed by atoms with Gasteiger partial charge in [-0.05, 0) is 42.5 Å². The third-order valence-electron chi connectivity index (χ3n) is 5.86. The number of carbonyl (C=O) groups is 1. The molecule has 1 fully saturated rings. The second-order valence-electron chi connectivity index (χ2n) is 8.08. The molecule has 1 unspecified atom stereocenters. The van der Waals surface area contributed by atoms with Gasteiger partial charge in [-0.15, -0.1) is 0 Å². The molecule has 28 heavy (non-hydrogen) atoms. The first kappa shape index (κ1) is 18.5. The number of benzene rings is 2. The second kappa shape index (κ2) is 7.66. The fraction of sp³-hybridized carbons (Fsp3) is 0.391. The number of rotatable bonds is 5. The van der Waals surface area contributed by atoms with E-state index in [9.17, 15) is 4.79 Å². The van der Waals surface area contributed by atoms with Crippen LogP contribution in [0.1, 0.15) is 31.0 Å². The monoisotopic (exact) mass is 376 g/mol. The number of nitrogens with one attached hydrogen (secondary N) is 1. The Morgan fingerprint density at radius 1 is 1.21 bits per heavy atom. The maximum absolute atomic E-state index is 12.9. The van der Waals surface area contributed by atoms with E-state index in [0.29, 0.717) is 6.54 Å². The minimum Gasteiger partial charge on any atom is -0.340 e. The van der Waals surface area contributed by atoms with Gasteiger partial charge in [0, 0.05) is 38.3 Å². The number of aryl methyl sites for hydroxylation is 1. The fourth-order valence-electron chi connectivity index (χ4n) is 4.40. The number of hydrogen-bond acceptors (Lipinski definition) is 2. The molecule has 1 aliphatic heterocycles. The van der Waals surface area contributed by atoms with E-state index in [1.165, 1.54) is 16.3 Å². The number of nitrogens with zero attached hydrogens (tertiary/aromatic N) is 3. The Hall–Kier alpha value is -2.82. The normalized spacial score (nSPS) is 19.3. The van der Waals surface area contributed by atoms with Crippen LogP contribution < -0.4 is 5.32 Å². The van der Waals surface area contributed by atoms with Crippen LogP contribution in [0.25, 0.3) is 10.8 Å². The molecule has 5 heteroatoms. The summed E-state index contributed by atoms with van der Waals surface area (Å²) in [7, 11) is 1.96. The third-order valence-corrected chi connectivity index (χ3v) is 5.86. The van der Waals surface area contributed by atoms with Crippen molar-refractivity contribution in [1.82, 2.24) is 19.8 Å². The van der Waals surface area contributed by atoms with E-state index >= 15 is 0 Å². The zero-order chi connectivity index (χ0) is 19.6. The van der Waals surface area contributed by atoms with Gasteiger partial charge < -0.3 is 14.8 Å². The second-order valence-corrected chi connectivity index (χ2v) is 8.08. The van der Waals surface area contributed by atoms with Crippen LogP contribution in [0, 0.1) is 0 Å². The van der Waals surface area contributed by atoms with E-state index in [-0.39, 0.29) is 11.6 Å². The summed E-state index contributed by atoms with van der Waals surface area (Å²) in [4.78, 5) is 19.3. The molecule has 5 nitrogen and oxygen atoms in total. The lowest BCUT2D eigenvalue weighted by Gasteiger charge is -2.36. The predicted octanol–water partition coefficient (Wildman–Crippen LogP) is 3.92. The molecule has 146 valence electrons. The molecule has 0 spiro atoms. The van der Waals surface area contributed by atoms with Crippen LogP contribution in [0.2, 0.25) is 0 Å². The standard InChI is InChI=1S/C23H28N4O/c1-23(15-19-9-5-8-18-7-3-4-10-21(18)19)12-6-14-27(23)22(28)24-13-11-20-16-26(2)17-25-20/h3-5,7-10,16-17H,6,11-15H2,1-2H3,(H,24,28). The molecule has 2 aromatic carbocycles. The van der Waals surface area contributed by atoms with E-state index in [0.717, 1.165) is 37.9 Å². The first-order valence-electron chi connectivity index (χ1n) is 10.0. The lowest BCUT2D eigenvalue weighted by Crippen LogP contribution is -2.51. The topological polar surface area (TPSA) is 50.2 Å². The van der Waals surface area contributed by atoms with Gasteiger partial charge in [0.15, 0.2) is 0 Å². The Kier molecular flexibility index (Phi) is 5.07. The molecule has 0 radical (unpaired) electrons. The van der Waals surface area contributed by atoms with Crippen LogP contribution in [-0.2, 0) is 19.9 Å². The van der Waals surface area contributed by atoms with Crippen LogP contribution in [0.5, 0.6) is 0 Å². The molecule has 0 saturated carbocycles. The summed E-state index contributed by atoms with van der Waals surface area (Å²) in [5, 5.41) is 5.64. The Balaban J connectivity index is 1.44. The van der Waals surface area contributed by atoms with Crippen molar-refractivity contribution in [2.45, 2.75) is 38.1 Å². The van der Waals surface area contributed by atoms with Crippen molar-refractivity contribution in [2.24, 2.45) is 7.05 Å². The highest BCUT2D eigenvalue weighted by Gasteiger charge is 2.39. The van der Waals surface area contributed by atoms with E-state index in [4.69, 9.17) is 0 Å². The number of urea groups is 1. The minimum absolute atomic E-state index is 0.0381. The van der Waals surface area contributed by atoms with Crippen LogP contribution in [0.4, 0.5) is 4.79 Å². The Morgan fingerprint density at radius 2 is 2.04 bits per heavy atom. The van der Waals surface area contributed by atoms with Crippen molar-refractivity contribution in [3.63, 3.8) is 0 Å². The van der Waals surface area contributed by atoms with Gasteiger partial charge in [0.2, 0.25) is 0 Å². The fourth-order valence-corrected chi connectivity index (χ4v) is 4.40. The number of aromatic nitrogens is 2. The highest BCUT2D eigenvalue weighted by molar-refractivity contribution is 5.86. The zero-order valence-corrected chi connectivity index (χ0v) is 16.7. The van der Waals surface area contributed by atoms with Crippen molar-refractivity contribution in [3.05, 3.63) is 66.2 Å². The Labute approximate surface area is 166 Å². The van der Waals surface area contributed by atoms with E-state index in [1.807, 2.05) is 22.7 Å². The molecular formula is C23H28N4O. The maximum atomic E-state index is 12.9. The van der Waals surface area contributed by atoms with Crippen molar-refractivity contribution >= 4 is 16.8 Å². The van der Waals surface area contributed by atoms with E-state index in [1.54, 1.807) is 6.33 Å². The molecule has 4 rings (SSSR count). The highest BCUT2D eigenvalue weighted by Crippen LogP contribution is 2.34. The van der Waals surface area contributed by atoms with E-state index < -0.39 is 0 Å². The smallest absolute Gasteiger partial charge is 0.317 e. The van der Waals surface area contributed by atoms with Crippen LogP contribution >= 0.6 is 0 Å². The summed E-state index contributed by atoms with van der Waals surface area (Å²) >= 11 is 0. The molecular weight excluding hydrogens is 348 g/mol. The summed E-state index contributed by atoms with van der Waals surface area (Å²) in [6, 6.07) is 15.0. The number of likely N-dealkylation sites (tertiary alicyclic amines) is 1. The third kappa shape index (κ3) is 3.75. The lowest BCUT2D eigenvalue weighted by atomic mass is 9.88. The molecule has 1 atom stereocenters. The van der Waals surface area contributed by atoms with Gasteiger partial charge in [-0.3, -0.25) is 0 Å². The van der Waals surface area contributed by atoms with Crippen LogP contribution in [0.15, 0.2) is 55.0 Å². The van der Waals surface area contributed by atoms with Crippen molar-refractivity contribution in [2.75, 3.05) is 13.1 Å². The van der Waals surface area contributed by atoms with Gasteiger partial charge in [-0.25, -0.2) is 9.78 Å². The van der Waals surface area contributed by atoms with Crippen molar-refractivity contribution < 1.29 is 4.79 Å². The molecule has 3 aromatic rings. The number of fused-ring (bicyclic) bond motifs is 1. The van der Waals surface area contributed by atoms with Gasteiger partial charge >= 0.3 is 6.03 Å². The summed E-state index contributed by atoms with van der Waals surface area (Å²) in [6.45, 7) is 3.65. The molecule has 1 aliphatic rings. The number of imidazole rings is 1. The van der Waals surface area contributed by atoms with Crippen molar-refractivity contribution in [1.29, 1.82) is 0 Å². The van der Waals surface area contributed by atoms with Crippen molar-refractivity contribution in [3.8, 4) is 0 Å². The van der Waals surface area contributed by atoms with Gasteiger partial charge in [-0.2, -0.15) is 0 Å². The predicted molar refractivity (Wildman–Crippen MR) is 112 cm³/mol. The number of amides is 2. The number of hydrogen-bond donors (Lipinski definition) is 1. The average Bonchev–Trinajstić information content (AvgIpc) is 3.27. The summed E-state index contributed by atoms with van der Waals surface area (Å²) in [6.07, 6.45) is 7.49. The lowest BCUT2D eigenvalue weighted by molar-refractivity contribution is 0.156. The van der Waals surface area contributed by atoms with E-state index in [2.05, 4.69) is 59.7 Å². The quantitative estimate of drug-likeness (QED) is 0.734. The summed E-state index contributed by atoms with van der Waals surface area (Å²) in [5.74, 6) is 0. The van der Waals surface area contributed by atoms with Gasteiger partial charge in [0.05, 0.1) is 12.0 Å². The minimum atomic E-state index is -0.154. The van der Waals surface area contributed by atoms with Gasteiger partial charge in [0.25, 0.3) is 0 Å². The average molecular weight is 377 g/mol. The Bertz CT molecular complexity index is 974. The summed E-state index contributed by atoms with van der Waals surface area (Å²) in [5.41, 5.74) is 2.16. The first-order valence-corrected chi connectivity index (χ1v) is 10.0. The van der Waals surface area contributed by atoms with Crippen LogP contribution in [-0.4, -0.2) is 39.1 Å². The molecule has 1 N–H and O–H groups in total. The largest absolute Gasteiger partial charge is 0.340 e.